The molecule has 0 aliphatic carbocycles. The Balaban J connectivity index is 1.06. The van der Waals surface area contributed by atoms with Crippen LogP contribution in [-0.4, -0.2) is 0 Å². The Bertz CT molecular complexity index is 2630. The van der Waals surface area contributed by atoms with Crippen LogP contribution in [-0.2, 0) is 0 Å². The molecule has 0 spiro atoms. The van der Waals surface area contributed by atoms with Crippen LogP contribution in [0, 0.1) is 0 Å². The minimum absolute atomic E-state index is 1.10. The van der Waals surface area contributed by atoms with E-state index in [4.69, 9.17) is 0 Å². The molecule has 0 atom stereocenters. The van der Waals surface area contributed by atoms with Gasteiger partial charge in [-0.1, -0.05) is 182 Å². The minimum atomic E-state index is 1.10. The van der Waals surface area contributed by atoms with Gasteiger partial charge in [0, 0.05) is 17.1 Å². The molecular formula is C52H37N. The van der Waals surface area contributed by atoms with Crippen molar-refractivity contribution in [2.24, 2.45) is 0 Å². The first-order valence-electron chi connectivity index (χ1n) is 18.2. The summed E-state index contributed by atoms with van der Waals surface area (Å²) in [7, 11) is 0. The molecule has 9 aromatic carbocycles. The summed E-state index contributed by atoms with van der Waals surface area (Å²) in [5, 5.41) is 2.50. The quantitative estimate of drug-likeness (QED) is 0.155. The van der Waals surface area contributed by atoms with Crippen LogP contribution in [0.4, 0.5) is 17.1 Å². The van der Waals surface area contributed by atoms with Crippen molar-refractivity contribution in [1.82, 2.24) is 0 Å². The third kappa shape index (κ3) is 6.42. The third-order valence-electron chi connectivity index (χ3n) is 10.1. The van der Waals surface area contributed by atoms with Crippen molar-refractivity contribution in [3.8, 4) is 55.6 Å². The van der Waals surface area contributed by atoms with Crippen LogP contribution in [0.5, 0.6) is 0 Å². The molecule has 0 aromatic heterocycles. The summed E-state index contributed by atoms with van der Waals surface area (Å²) in [6.07, 6.45) is 0. The molecule has 0 aliphatic heterocycles. The molecule has 0 saturated carbocycles. The molecule has 0 bridgehead atoms. The second kappa shape index (κ2) is 14.3. The van der Waals surface area contributed by atoms with Gasteiger partial charge in [-0.2, -0.15) is 0 Å². The Hall–Kier alpha value is -6.96. The van der Waals surface area contributed by atoms with Crippen LogP contribution < -0.4 is 4.90 Å². The Morgan fingerprint density at radius 1 is 0.226 bits per heavy atom. The van der Waals surface area contributed by atoms with Crippen molar-refractivity contribution in [3.63, 3.8) is 0 Å². The van der Waals surface area contributed by atoms with Gasteiger partial charge < -0.3 is 4.90 Å². The van der Waals surface area contributed by atoms with E-state index in [0.717, 1.165) is 17.1 Å². The molecule has 1 nitrogen and oxygen atoms in total. The third-order valence-corrected chi connectivity index (χ3v) is 10.1. The predicted octanol–water partition coefficient (Wildman–Crippen LogP) is 14.6. The average molecular weight is 676 g/mol. The standard InChI is InChI=1S/C52H37N/c1-4-15-39(16-5-1)47-22-10-12-24-50(47)51-25-13-11-23-48(51)42-31-35-46(36-32-42)53(44-20-8-3-9-21-44)45-33-29-38(30-34-45)43-28-27-41-19-14-26-49(52(41)37-43)40-17-6-2-7-18-40/h1-37H. The Labute approximate surface area is 311 Å². The molecule has 9 rings (SSSR count). The highest BCUT2D eigenvalue weighted by Gasteiger charge is 2.16. The fourth-order valence-electron chi connectivity index (χ4n) is 7.50. The Morgan fingerprint density at radius 2 is 0.623 bits per heavy atom. The van der Waals surface area contributed by atoms with Crippen LogP contribution in [0.1, 0.15) is 0 Å². The average Bonchev–Trinajstić information content (AvgIpc) is 3.25. The van der Waals surface area contributed by atoms with E-state index in [1.807, 2.05) is 0 Å². The van der Waals surface area contributed by atoms with Crippen molar-refractivity contribution < 1.29 is 0 Å². The lowest BCUT2D eigenvalue weighted by molar-refractivity contribution is 1.28. The Kier molecular flexibility index (Phi) is 8.66. The summed E-state index contributed by atoms with van der Waals surface area (Å²) >= 11 is 0. The lowest BCUT2D eigenvalue weighted by Crippen LogP contribution is -2.09. The maximum atomic E-state index is 2.33. The molecule has 0 saturated heterocycles. The predicted molar refractivity (Wildman–Crippen MR) is 226 cm³/mol. The van der Waals surface area contributed by atoms with Crippen LogP contribution >= 0.6 is 0 Å². The SMILES string of the molecule is c1ccc(-c2ccccc2-c2ccccc2-c2ccc(N(c3ccccc3)c3ccc(-c4ccc5cccc(-c6ccccc6)c5c4)cc3)cc2)cc1. The topological polar surface area (TPSA) is 3.24 Å². The van der Waals surface area contributed by atoms with Crippen molar-refractivity contribution in [3.05, 3.63) is 224 Å². The number of fused-ring (bicyclic) bond motifs is 1. The monoisotopic (exact) mass is 675 g/mol. The zero-order valence-electron chi connectivity index (χ0n) is 29.3. The molecule has 53 heavy (non-hydrogen) atoms. The van der Waals surface area contributed by atoms with E-state index in [1.165, 1.54) is 66.4 Å². The highest BCUT2D eigenvalue weighted by atomic mass is 15.1. The molecule has 0 aliphatic rings. The van der Waals surface area contributed by atoms with Gasteiger partial charge in [0.2, 0.25) is 0 Å². The number of anilines is 3. The maximum Gasteiger partial charge on any atom is 0.0462 e. The number of hydrogen-bond acceptors (Lipinski definition) is 1. The number of rotatable bonds is 8. The number of benzene rings is 9. The second-order valence-electron chi connectivity index (χ2n) is 13.3. The van der Waals surface area contributed by atoms with Gasteiger partial charge in [0.25, 0.3) is 0 Å². The normalized spacial score (nSPS) is 11.0. The van der Waals surface area contributed by atoms with E-state index in [-0.39, 0.29) is 0 Å². The zero-order chi connectivity index (χ0) is 35.4. The molecule has 0 radical (unpaired) electrons. The van der Waals surface area contributed by atoms with E-state index in [1.54, 1.807) is 0 Å². The zero-order valence-corrected chi connectivity index (χ0v) is 29.3. The molecule has 9 aromatic rings. The number of hydrogen-bond donors (Lipinski definition) is 0. The van der Waals surface area contributed by atoms with Crippen molar-refractivity contribution in [2.75, 3.05) is 4.90 Å². The van der Waals surface area contributed by atoms with Crippen LogP contribution in [0.3, 0.4) is 0 Å². The maximum absolute atomic E-state index is 2.33. The van der Waals surface area contributed by atoms with Gasteiger partial charge in [0.1, 0.15) is 0 Å². The van der Waals surface area contributed by atoms with Gasteiger partial charge in [-0.25, -0.2) is 0 Å². The molecule has 250 valence electrons. The van der Waals surface area contributed by atoms with E-state index in [2.05, 4.69) is 229 Å². The highest BCUT2D eigenvalue weighted by molar-refractivity contribution is 5.99. The highest BCUT2D eigenvalue weighted by Crippen LogP contribution is 2.41. The lowest BCUT2D eigenvalue weighted by Gasteiger charge is -2.26. The van der Waals surface area contributed by atoms with Gasteiger partial charge in [0.15, 0.2) is 0 Å². The summed E-state index contributed by atoms with van der Waals surface area (Å²) in [5.41, 5.74) is 15.5. The fraction of sp³-hybridized carbons (Fsp3) is 0. The van der Waals surface area contributed by atoms with E-state index in [9.17, 15) is 0 Å². The van der Waals surface area contributed by atoms with Crippen LogP contribution in [0.25, 0.3) is 66.4 Å². The molecule has 0 unspecified atom stereocenters. The first kappa shape index (κ1) is 32.0. The fourth-order valence-corrected chi connectivity index (χ4v) is 7.50. The van der Waals surface area contributed by atoms with Crippen molar-refractivity contribution >= 4 is 27.8 Å². The number of para-hydroxylation sites is 1. The van der Waals surface area contributed by atoms with Crippen LogP contribution in [0.2, 0.25) is 0 Å². The van der Waals surface area contributed by atoms with E-state index < -0.39 is 0 Å². The van der Waals surface area contributed by atoms with Crippen molar-refractivity contribution in [2.45, 2.75) is 0 Å². The molecule has 1 heteroatoms. The van der Waals surface area contributed by atoms with Gasteiger partial charge in [-0.3, -0.25) is 0 Å². The summed E-state index contributed by atoms with van der Waals surface area (Å²) < 4.78 is 0. The summed E-state index contributed by atoms with van der Waals surface area (Å²) in [6, 6.07) is 80.7. The molecule has 0 heterocycles. The van der Waals surface area contributed by atoms with Gasteiger partial charge in [0.05, 0.1) is 0 Å². The number of nitrogens with zero attached hydrogens (tertiary/aromatic N) is 1. The Morgan fingerprint density at radius 3 is 1.19 bits per heavy atom. The van der Waals surface area contributed by atoms with Crippen molar-refractivity contribution in [1.29, 1.82) is 0 Å². The molecule has 0 N–H and O–H groups in total. The van der Waals surface area contributed by atoms with Gasteiger partial charge >= 0.3 is 0 Å². The van der Waals surface area contributed by atoms with Gasteiger partial charge in [-0.15, -0.1) is 0 Å². The molecule has 0 amide bonds. The lowest BCUT2D eigenvalue weighted by atomic mass is 9.89. The minimum Gasteiger partial charge on any atom is -0.311 e. The van der Waals surface area contributed by atoms with E-state index >= 15 is 0 Å². The summed E-state index contributed by atoms with van der Waals surface area (Å²) in [6.45, 7) is 0. The summed E-state index contributed by atoms with van der Waals surface area (Å²) in [5.74, 6) is 0. The van der Waals surface area contributed by atoms with Crippen LogP contribution in [0.15, 0.2) is 224 Å². The smallest absolute Gasteiger partial charge is 0.0462 e. The van der Waals surface area contributed by atoms with Gasteiger partial charge in [-0.05, 0) is 109 Å². The largest absolute Gasteiger partial charge is 0.311 e. The first-order valence-corrected chi connectivity index (χ1v) is 18.2. The molecule has 0 fully saturated rings. The van der Waals surface area contributed by atoms with E-state index in [0.29, 0.717) is 0 Å². The molecular weight excluding hydrogens is 639 g/mol. The summed E-state index contributed by atoms with van der Waals surface area (Å²) in [4.78, 5) is 2.33. The first-order chi connectivity index (χ1) is 26.3. The second-order valence-corrected chi connectivity index (χ2v) is 13.3.